The van der Waals surface area contributed by atoms with Crippen LogP contribution in [0.5, 0.6) is 0 Å². The fourth-order valence-electron chi connectivity index (χ4n) is 4.07. The Morgan fingerprint density at radius 3 is 3.04 bits per heavy atom. The first kappa shape index (κ1) is 21.4. The van der Waals surface area contributed by atoms with Crippen molar-refractivity contribution in [2.45, 2.75) is 65.0 Å². The number of fused-ring (bicyclic) bond motifs is 3. The number of aliphatic hydroxyl groups excluding tert-OH is 1. The molecule has 0 unspecified atom stereocenters. The van der Waals surface area contributed by atoms with E-state index < -0.39 is 0 Å². The molecule has 0 amide bonds. The number of aryl methyl sites for hydroxylation is 1. The van der Waals surface area contributed by atoms with Gasteiger partial charge in [0.2, 0.25) is 0 Å². The summed E-state index contributed by atoms with van der Waals surface area (Å²) in [5, 5.41) is 11.1. The van der Waals surface area contributed by atoms with Gasteiger partial charge in [-0.05, 0) is 43.6 Å². The van der Waals surface area contributed by atoms with E-state index in [0.29, 0.717) is 31.4 Å². The van der Waals surface area contributed by atoms with Crippen LogP contribution in [-0.2, 0) is 24.1 Å². The quantitative estimate of drug-likeness (QED) is 0.592. The highest BCUT2D eigenvalue weighted by Crippen LogP contribution is 2.35. The molecule has 0 bridgehead atoms. The van der Waals surface area contributed by atoms with E-state index in [9.17, 15) is 9.90 Å². The van der Waals surface area contributed by atoms with Crippen LogP contribution in [0.15, 0.2) is 4.79 Å². The van der Waals surface area contributed by atoms with Gasteiger partial charge in [-0.15, -0.1) is 11.3 Å². The van der Waals surface area contributed by atoms with E-state index in [1.165, 1.54) is 10.4 Å². The molecule has 28 heavy (non-hydrogen) atoms. The summed E-state index contributed by atoms with van der Waals surface area (Å²) in [6.07, 6.45) is 5.42. The third-order valence-electron chi connectivity index (χ3n) is 5.50. The maximum atomic E-state index is 12.8. The maximum Gasteiger partial charge on any atom is 0.259 e. The molecule has 0 saturated heterocycles. The zero-order valence-electron chi connectivity index (χ0n) is 17.3. The molecule has 0 spiro atoms. The van der Waals surface area contributed by atoms with Crippen LogP contribution in [0.2, 0.25) is 0 Å². The first-order valence-electron chi connectivity index (χ1n) is 10.4. The van der Waals surface area contributed by atoms with Crippen LogP contribution in [0.1, 0.15) is 55.8 Å². The van der Waals surface area contributed by atoms with Crippen molar-refractivity contribution in [3.05, 3.63) is 26.6 Å². The Morgan fingerprint density at radius 1 is 1.46 bits per heavy atom. The van der Waals surface area contributed by atoms with Crippen LogP contribution in [0.4, 0.5) is 0 Å². The molecule has 2 aromatic rings. The lowest BCUT2D eigenvalue weighted by Crippen LogP contribution is -2.34. The van der Waals surface area contributed by atoms with E-state index in [-0.39, 0.29) is 11.7 Å². The molecule has 3 rings (SSSR count). The zero-order chi connectivity index (χ0) is 20.1. The van der Waals surface area contributed by atoms with Crippen molar-refractivity contribution < 1.29 is 9.84 Å². The van der Waals surface area contributed by atoms with Gasteiger partial charge in [0, 0.05) is 31.7 Å². The lowest BCUT2D eigenvalue weighted by Gasteiger charge is -2.24. The standard InChI is InChI=1S/C21H33N3O3S/c1-4-6-15(25)12-24(9-5-10-27-3)13-18-22-20(26)19-16-8-7-14(2)11-17(16)28-21(19)23-18/h14-15,25H,4-13H2,1-3H3,(H,22,23,26)/t14-,15+/m0/s1. The summed E-state index contributed by atoms with van der Waals surface area (Å²) in [5.74, 6) is 1.36. The highest BCUT2D eigenvalue weighted by molar-refractivity contribution is 7.18. The number of hydrogen-bond acceptors (Lipinski definition) is 6. The van der Waals surface area contributed by atoms with Gasteiger partial charge < -0.3 is 14.8 Å². The summed E-state index contributed by atoms with van der Waals surface area (Å²) >= 11 is 1.68. The molecule has 0 fully saturated rings. The lowest BCUT2D eigenvalue weighted by atomic mass is 9.89. The summed E-state index contributed by atoms with van der Waals surface area (Å²) in [6, 6.07) is 0. The Bertz CT molecular complexity index is 832. The van der Waals surface area contributed by atoms with Crippen molar-refractivity contribution in [2.75, 3.05) is 26.8 Å². The molecular formula is C21H33N3O3S. The number of rotatable bonds is 10. The number of hydrogen-bond donors (Lipinski definition) is 2. The Kier molecular flexibility index (Phi) is 7.62. The van der Waals surface area contributed by atoms with Gasteiger partial charge in [-0.3, -0.25) is 9.69 Å². The molecule has 6 nitrogen and oxygen atoms in total. The number of methoxy groups -OCH3 is 1. The lowest BCUT2D eigenvalue weighted by molar-refractivity contribution is 0.0917. The monoisotopic (exact) mass is 407 g/mol. The van der Waals surface area contributed by atoms with Crippen LogP contribution in [-0.4, -0.2) is 52.9 Å². The third kappa shape index (κ3) is 5.20. The highest BCUT2D eigenvalue weighted by Gasteiger charge is 2.23. The number of nitrogens with zero attached hydrogens (tertiary/aromatic N) is 2. The number of H-pyrrole nitrogens is 1. The molecule has 2 heterocycles. The molecule has 0 aromatic carbocycles. The molecule has 2 N–H and O–H groups in total. The Labute approximate surface area is 170 Å². The van der Waals surface area contributed by atoms with E-state index >= 15 is 0 Å². The van der Waals surface area contributed by atoms with Gasteiger partial charge >= 0.3 is 0 Å². The van der Waals surface area contributed by atoms with Gasteiger partial charge in [0.25, 0.3) is 5.56 Å². The van der Waals surface area contributed by atoms with Gasteiger partial charge in [-0.25, -0.2) is 4.98 Å². The Hall–Kier alpha value is -1.28. The fourth-order valence-corrected chi connectivity index (χ4v) is 5.47. The SMILES string of the molecule is CCC[C@@H](O)CN(CCCOC)Cc1nc2sc3c(c2c(=O)[nH]1)CC[C@H](C)C3. The van der Waals surface area contributed by atoms with Gasteiger partial charge in [0.05, 0.1) is 18.0 Å². The summed E-state index contributed by atoms with van der Waals surface area (Å²) in [6.45, 7) is 6.95. The maximum absolute atomic E-state index is 12.8. The van der Waals surface area contributed by atoms with Crippen molar-refractivity contribution in [3.63, 3.8) is 0 Å². The van der Waals surface area contributed by atoms with Crippen molar-refractivity contribution in [1.29, 1.82) is 0 Å². The van der Waals surface area contributed by atoms with E-state index in [2.05, 4.69) is 23.7 Å². The first-order valence-corrected chi connectivity index (χ1v) is 11.3. The number of thiophene rings is 1. The predicted octanol–water partition coefficient (Wildman–Crippen LogP) is 3.11. The van der Waals surface area contributed by atoms with Crippen molar-refractivity contribution >= 4 is 21.6 Å². The molecule has 0 saturated carbocycles. The van der Waals surface area contributed by atoms with Crippen LogP contribution in [0, 0.1) is 5.92 Å². The van der Waals surface area contributed by atoms with E-state index in [1.54, 1.807) is 18.4 Å². The van der Waals surface area contributed by atoms with E-state index in [4.69, 9.17) is 9.72 Å². The van der Waals surface area contributed by atoms with Gasteiger partial charge in [0.1, 0.15) is 10.7 Å². The minimum absolute atomic E-state index is 0.0157. The smallest absolute Gasteiger partial charge is 0.259 e. The van der Waals surface area contributed by atoms with Crippen LogP contribution in [0.25, 0.3) is 10.2 Å². The fraction of sp³-hybridized carbons (Fsp3) is 0.714. The van der Waals surface area contributed by atoms with E-state index in [0.717, 1.165) is 55.3 Å². The topological polar surface area (TPSA) is 78.5 Å². The van der Waals surface area contributed by atoms with Crippen molar-refractivity contribution in [1.82, 2.24) is 14.9 Å². The molecule has 2 aromatic heterocycles. The highest BCUT2D eigenvalue weighted by atomic mass is 32.1. The number of nitrogens with one attached hydrogen (secondary N) is 1. The Balaban J connectivity index is 1.81. The molecule has 7 heteroatoms. The van der Waals surface area contributed by atoms with Crippen LogP contribution in [0.3, 0.4) is 0 Å². The number of aromatic amines is 1. The molecule has 0 radical (unpaired) electrons. The minimum atomic E-state index is -0.362. The predicted molar refractivity (Wildman–Crippen MR) is 114 cm³/mol. The number of aromatic nitrogens is 2. The molecule has 2 atom stereocenters. The van der Waals surface area contributed by atoms with Crippen LogP contribution >= 0.6 is 11.3 Å². The minimum Gasteiger partial charge on any atom is -0.392 e. The van der Waals surface area contributed by atoms with Crippen molar-refractivity contribution in [2.24, 2.45) is 5.92 Å². The molecule has 1 aliphatic carbocycles. The second kappa shape index (κ2) is 9.96. The number of ether oxygens (including phenoxy) is 1. The summed E-state index contributed by atoms with van der Waals surface area (Å²) in [5.41, 5.74) is 1.20. The van der Waals surface area contributed by atoms with Crippen LogP contribution < -0.4 is 5.56 Å². The normalized spacial score (nSPS) is 18.0. The summed E-state index contributed by atoms with van der Waals surface area (Å²) < 4.78 is 5.17. The third-order valence-corrected chi connectivity index (χ3v) is 6.65. The largest absolute Gasteiger partial charge is 0.392 e. The first-order chi connectivity index (χ1) is 13.5. The Morgan fingerprint density at radius 2 is 2.29 bits per heavy atom. The average Bonchev–Trinajstić information content (AvgIpc) is 2.99. The molecular weight excluding hydrogens is 374 g/mol. The van der Waals surface area contributed by atoms with Crippen molar-refractivity contribution in [3.8, 4) is 0 Å². The van der Waals surface area contributed by atoms with Gasteiger partial charge in [0.15, 0.2) is 0 Å². The second-order valence-corrected chi connectivity index (χ2v) is 9.15. The second-order valence-electron chi connectivity index (χ2n) is 8.07. The summed E-state index contributed by atoms with van der Waals surface area (Å²) in [4.78, 5) is 25.0. The zero-order valence-corrected chi connectivity index (χ0v) is 18.1. The molecule has 1 aliphatic rings. The average molecular weight is 408 g/mol. The molecule has 156 valence electrons. The van der Waals surface area contributed by atoms with E-state index in [1.807, 2.05) is 0 Å². The number of aliphatic hydroxyl groups is 1. The van der Waals surface area contributed by atoms with Gasteiger partial charge in [-0.2, -0.15) is 0 Å². The molecule has 0 aliphatic heterocycles. The summed E-state index contributed by atoms with van der Waals surface area (Å²) in [7, 11) is 1.70. The van der Waals surface area contributed by atoms with Gasteiger partial charge in [-0.1, -0.05) is 20.3 Å².